The Hall–Kier alpha value is -1.89. The summed E-state index contributed by atoms with van der Waals surface area (Å²) in [6, 6.07) is 14.3. The first-order valence-corrected chi connectivity index (χ1v) is 6.75. The van der Waals surface area contributed by atoms with E-state index < -0.39 is 5.69 Å². The third-order valence-electron chi connectivity index (χ3n) is 2.90. The number of nitrogens with one attached hydrogen (secondary N) is 1. The molecule has 1 aromatic heterocycles. The predicted octanol–water partition coefficient (Wildman–Crippen LogP) is 2.28. The van der Waals surface area contributed by atoms with Crippen LogP contribution in [0, 0.1) is 3.57 Å². The summed E-state index contributed by atoms with van der Waals surface area (Å²) in [5.41, 5.74) is 0.427. The summed E-state index contributed by atoms with van der Waals surface area (Å²) in [5, 5.41) is 0.502. The van der Waals surface area contributed by atoms with Gasteiger partial charge in [0.2, 0.25) is 0 Å². The first kappa shape index (κ1) is 12.2. The fourth-order valence-corrected chi connectivity index (χ4v) is 2.64. The lowest BCUT2D eigenvalue weighted by atomic mass is 10.2. The molecule has 0 bridgehead atoms. The van der Waals surface area contributed by atoms with Crippen LogP contribution in [0.25, 0.3) is 16.6 Å². The lowest BCUT2D eigenvalue weighted by Gasteiger charge is -2.07. The van der Waals surface area contributed by atoms with Crippen LogP contribution in [-0.2, 0) is 0 Å². The molecule has 0 unspecified atom stereocenters. The molecule has 0 aliphatic rings. The van der Waals surface area contributed by atoms with Gasteiger partial charge in [0.1, 0.15) is 0 Å². The highest BCUT2D eigenvalue weighted by molar-refractivity contribution is 14.1. The van der Waals surface area contributed by atoms with E-state index in [0.29, 0.717) is 16.6 Å². The second kappa shape index (κ2) is 4.65. The van der Waals surface area contributed by atoms with Gasteiger partial charge >= 0.3 is 5.69 Å². The van der Waals surface area contributed by atoms with Crippen molar-refractivity contribution in [3.05, 3.63) is 72.9 Å². The average Bonchev–Trinajstić information content (AvgIpc) is 2.41. The number of para-hydroxylation sites is 2. The van der Waals surface area contributed by atoms with Gasteiger partial charge in [0.15, 0.2) is 0 Å². The number of fused-ring (bicyclic) bond motifs is 1. The molecule has 94 valence electrons. The Morgan fingerprint density at radius 1 is 0.947 bits per heavy atom. The average molecular weight is 364 g/mol. The summed E-state index contributed by atoms with van der Waals surface area (Å²) in [6.45, 7) is 0. The van der Waals surface area contributed by atoms with E-state index in [1.165, 1.54) is 4.57 Å². The molecule has 0 spiro atoms. The highest BCUT2D eigenvalue weighted by Crippen LogP contribution is 2.14. The first-order chi connectivity index (χ1) is 9.18. The number of hydrogen-bond donors (Lipinski definition) is 1. The van der Waals surface area contributed by atoms with Crippen molar-refractivity contribution in [3.8, 4) is 5.69 Å². The van der Waals surface area contributed by atoms with Gasteiger partial charge in [0.05, 0.1) is 16.6 Å². The Bertz CT molecular complexity index is 880. The standard InChI is InChI=1S/C14H9IN2O2/c15-10-6-2-4-8-12(10)17-13(18)9-5-1-3-7-11(9)16-14(17)19/h1-8H,(H,16,19). The molecule has 3 rings (SSSR count). The number of nitrogens with zero attached hydrogens (tertiary/aromatic N) is 1. The summed E-state index contributed by atoms with van der Waals surface area (Å²) in [6.07, 6.45) is 0. The summed E-state index contributed by atoms with van der Waals surface area (Å²) in [7, 11) is 0. The zero-order chi connectivity index (χ0) is 13.4. The maximum absolute atomic E-state index is 12.4. The van der Waals surface area contributed by atoms with Crippen molar-refractivity contribution in [1.82, 2.24) is 9.55 Å². The number of H-pyrrole nitrogens is 1. The second-order valence-electron chi connectivity index (χ2n) is 4.07. The van der Waals surface area contributed by atoms with Crippen LogP contribution < -0.4 is 11.2 Å². The SMILES string of the molecule is O=c1[nH]c2ccccc2c(=O)n1-c1ccccc1I. The molecule has 0 fully saturated rings. The van der Waals surface area contributed by atoms with E-state index in [1.807, 2.05) is 12.1 Å². The molecule has 0 aliphatic carbocycles. The van der Waals surface area contributed by atoms with Gasteiger partial charge < -0.3 is 4.98 Å². The topological polar surface area (TPSA) is 54.9 Å². The van der Waals surface area contributed by atoms with E-state index in [-0.39, 0.29) is 5.56 Å². The summed E-state index contributed by atoms with van der Waals surface area (Å²) >= 11 is 2.11. The van der Waals surface area contributed by atoms with Gasteiger partial charge in [-0.15, -0.1) is 0 Å². The van der Waals surface area contributed by atoms with Crippen molar-refractivity contribution >= 4 is 33.5 Å². The van der Waals surface area contributed by atoms with Gasteiger partial charge in [0.25, 0.3) is 5.56 Å². The molecule has 0 atom stereocenters. The predicted molar refractivity (Wildman–Crippen MR) is 82.9 cm³/mol. The van der Waals surface area contributed by atoms with Crippen LogP contribution >= 0.6 is 22.6 Å². The van der Waals surface area contributed by atoms with Gasteiger partial charge in [-0.3, -0.25) is 4.79 Å². The molecule has 0 saturated heterocycles. The quantitative estimate of drug-likeness (QED) is 0.674. The third-order valence-corrected chi connectivity index (χ3v) is 3.81. The van der Waals surface area contributed by atoms with Crippen molar-refractivity contribution in [3.63, 3.8) is 0 Å². The van der Waals surface area contributed by atoms with Crippen molar-refractivity contribution in [2.24, 2.45) is 0 Å². The fraction of sp³-hybridized carbons (Fsp3) is 0. The fourth-order valence-electron chi connectivity index (χ4n) is 2.01. The molecule has 3 aromatic rings. The Morgan fingerprint density at radius 2 is 1.63 bits per heavy atom. The number of hydrogen-bond acceptors (Lipinski definition) is 2. The van der Waals surface area contributed by atoms with E-state index in [0.717, 1.165) is 3.57 Å². The minimum absolute atomic E-state index is 0.302. The van der Waals surface area contributed by atoms with Gasteiger partial charge in [-0.05, 0) is 46.9 Å². The number of rotatable bonds is 1. The monoisotopic (exact) mass is 364 g/mol. The van der Waals surface area contributed by atoms with Crippen LogP contribution in [0.3, 0.4) is 0 Å². The van der Waals surface area contributed by atoms with Crippen molar-refractivity contribution in [1.29, 1.82) is 0 Å². The minimum Gasteiger partial charge on any atom is -0.306 e. The van der Waals surface area contributed by atoms with Crippen molar-refractivity contribution in [2.45, 2.75) is 0 Å². The second-order valence-corrected chi connectivity index (χ2v) is 5.23. The Kier molecular flexibility index (Phi) is 2.98. The molecule has 4 nitrogen and oxygen atoms in total. The third kappa shape index (κ3) is 1.99. The van der Waals surface area contributed by atoms with Gasteiger partial charge in [-0.2, -0.15) is 0 Å². The molecule has 1 heterocycles. The van der Waals surface area contributed by atoms with Gasteiger partial charge in [-0.25, -0.2) is 9.36 Å². The molecule has 0 radical (unpaired) electrons. The molecule has 0 saturated carbocycles. The number of halogens is 1. The molecule has 0 aliphatic heterocycles. The summed E-state index contributed by atoms with van der Waals surface area (Å²) in [5.74, 6) is 0. The summed E-state index contributed by atoms with van der Waals surface area (Å²) < 4.78 is 2.02. The molecule has 5 heteroatoms. The molecule has 2 aromatic carbocycles. The van der Waals surface area contributed by atoms with E-state index in [4.69, 9.17) is 0 Å². The Balaban J connectivity index is 2.47. The van der Waals surface area contributed by atoms with Crippen LogP contribution in [0.4, 0.5) is 0 Å². The number of benzene rings is 2. The van der Waals surface area contributed by atoms with E-state index in [1.54, 1.807) is 36.4 Å². The Labute approximate surface area is 121 Å². The highest BCUT2D eigenvalue weighted by Gasteiger charge is 2.10. The smallest absolute Gasteiger partial charge is 0.306 e. The molecule has 1 N–H and O–H groups in total. The van der Waals surface area contributed by atoms with Crippen molar-refractivity contribution < 1.29 is 0 Å². The highest BCUT2D eigenvalue weighted by atomic mass is 127. The lowest BCUT2D eigenvalue weighted by molar-refractivity contribution is 0.897. The molecule has 0 amide bonds. The van der Waals surface area contributed by atoms with E-state index >= 15 is 0 Å². The molecule has 19 heavy (non-hydrogen) atoms. The van der Waals surface area contributed by atoms with Crippen LogP contribution in [0.1, 0.15) is 0 Å². The van der Waals surface area contributed by atoms with Gasteiger partial charge in [0, 0.05) is 3.57 Å². The van der Waals surface area contributed by atoms with Crippen LogP contribution in [0.15, 0.2) is 58.1 Å². The zero-order valence-electron chi connectivity index (χ0n) is 9.76. The van der Waals surface area contributed by atoms with Crippen molar-refractivity contribution in [2.75, 3.05) is 0 Å². The number of aromatic nitrogens is 2. The van der Waals surface area contributed by atoms with Crippen LogP contribution in [-0.4, -0.2) is 9.55 Å². The zero-order valence-corrected chi connectivity index (χ0v) is 11.9. The van der Waals surface area contributed by atoms with E-state index in [2.05, 4.69) is 27.6 Å². The Morgan fingerprint density at radius 3 is 2.42 bits per heavy atom. The van der Waals surface area contributed by atoms with Crippen LogP contribution in [0.5, 0.6) is 0 Å². The van der Waals surface area contributed by atoms with E-state index in [9.17, 15) is 9.59 Å². The van der Waals surface area contributed by atoms with Crippen LogP contribution in [0.2, 0.25) is 0 Å². The summed E-state index contributed by atoms with van der Waals surface area (Å²) in [4.78, 5) is 27.3. The number of aromatic amines is 1. The van der Waals surface area contributed by atoms with Gasteiger partial charge in [-0.1, -0.05) is 24.3 Å². The lowest BCUT2D eigenvalue weighted by Crippen LogP contribution is -2.34. The first-order valence-electron chi connectivity index (χ1n) is 5.67. The maximum atomic E-state index is 12.4. The minimum atomic E-state index is -0.423. The maximum Gasteiger partial charge on any atom is 0.333 e. The normalized spacial score (nSPS) is 10.8. The largest absolute Gasteiger partial charge is 0.333 e. The molecular formula is C14H9IN2O2. The molecular weight excluding hydrogens is 355 g/mol.